The van der Waals surface area contributed by atoms with Gasteiger partial charge in [-0.3, -0.25) is 0 Å². The second-order valence-corrected chi connectivity index (χ2v) is 22.7. The Morgan fingerprint density at radius 2 is 0.627 bits per heavy atom. The SMILES string of the molecule is CC1(C)c2cc(N(c3ccccc3)c3ccc(-c4ccc5[se]c6ccccc6c5c4)cc3)ccc2-c2ccc(N(c3ccccc3)c3ccc(-c4ccc5[se]c6ccccc6c5c4)cc3)cc21. The summed E-state index contributed by atoms with van der Waals surface area (Å²) in [5.74, 6) is 0. The number of nitrogens with zero attached hydrogens (tertiary/aromatic N) is 2. The van der Waals surface area contributed by atoms with Crippen LogP contribution in [0.1, 0.15) is 25.0 Å². The van der Waals surface area contributed by atoms with Crippen molar-refractivity contribution in [2.24, 2.45) is 0 Å². The van der Waals surface area contributed by atoms with Gasteiger partial charge in [0.15, 0.2) is 0 Å². The van der Waals surface area contributed by atoms with E-state index in [1.165, 1.54) is 83.1 Å². The minimum absolute atomic E-state index is 0.240. The predicted molar refractivity (Wildman–Crippen MR) is 288 cm³/mol. The third kappa shape index (κ3) is 6.83. The molecule has 0 bridgehead atoms. The van der Waals surface area contributed by atoms with Crippen molar-refractivity contribution < 1.29 is 0 Å². The van der Waals surface area contributed by atoms with Gasteiger partial charge in [0.2, 0.25) is 0 Å². The topological polar surface area (TPSA) is 6.48 Å². The molecule has 1 aliphatic rings. The van der Waals surface area contributed by atoms with Gasteiger partial charge >= 0.3 is 363 Å². The van der Waals surface area contributed by atoms with Gasteiger partial charge < -0.3 is 0 Å². The van der Waals surface area contributed by atoms with Gasteiger partial charge in [0.05, 0.1) is 0 Å². The van der Waals surface area contributed by atoms with Gasteiger partial charge in [-0.2, -0.15) is 0 Å². The van der Waals surface area contributed by atoms with Crippen molar-refractivity contribution in [2.75, 3.05) is 9.80 Å². The number of para-hydroxylation sites is 2. The second-order valence-electron chi connectivity index (χ2n) is 18.1. The molecule has 12 aromatic rings. The quantitative estimate of drug-likeness (QED) is 0.140. The Bertz CT molecular complexity index is 3570. The molecule has 2 aromatic heterocycles. The molecule has 2 heterocycles. The molecule has 10 aromatic carbocycles. The van der Waals surface area contributed by atoms with Crippen LogP contribution in [0.3, 0.4) is 0 Å². The zero-order chi connectivity index (χ0) is 44.6. The molecule has 0 spiro atoms. The van der Waals surface area contributed by atoms with Crippen molar-refractivity contribution >= 4 is 102 Å². The van der Waals surface area contributed by atoms with Crippen molar-refractivity contribution in [3.8, 4) is 33.4 Å². The summed E-state index contributed by atoms with van der Waals surface area (Å²) in [7, 11) is 0. The summed E-state index contributed by atoms with van der Waals surface area (Å²) in [5.41, 5.74) is 16.8. The molecule has 0 aliphatic heterocycles. The standard InChI is InChI=1S/C63H44N2Se2/c1-63(2)57-39-49(64(45-13-5-3-6-14-45)47-27-21-41(22-28-47)43-25-35-61-55(37-43)53-17-9-11-19-59(53)66-61)31-33-51(57)52-34-32-50(40-58(52)63)65(46-15-7-4-8-16-46)48-29-23-42(24-30-48)44-26-36-62-56(38-44)54-18-10-12-20-60(54)67-62/h3-40H,1-2H3. The summed E-state index contributed by atoms with van der Waals surface area (Å²) in [6, 6.07) is 85.8. The molecule has 4 heteroatoms. The maximum atomic E-state index is 2.43. The van der Waals surface area contributed by atoms with Crippen LogP contribution in [0.2, 0.25) is 0 Å². The van der Waals surface area contributed by atoms with Crippen LogP contribution in [0.5, 0.6) is 0 Å². The maximum absolute atomic E-state index is 2.43. The van der Waals surface area contributed by atoms with Crippen LogP contribution in [0.25, 0.3) is 72.0 Å². The molecule has 13 rings (SSSR count). The molecule has 0 radical (unpaired) electrons. The van der Waals surface area contributed by atoms with Gasteiger partial charge in [0.25, 0.3) is 0 Å². The number of fused-ring (bicyclic) bond motifs is 9. The van der Waals surface area contributed by atoms with E-state index in [2.05, 4.69) is 254 Å². The molecule has 2 nitrogen and oxygen atoms in total. The molecule has 0 fully saturated rings. The van der Waals surface area contributed by atoms with E-state index in [1.54, 1.807) is 0 Å². The van der Waals surface area contributed by atoms with Gasteiger partial charge in [-0.05, 0) is 11.1 Å². The summed E-state index contributed by atoms with van der Waals surface area (Å²) in [4.78, 5) is 4.80. The Labute approximate surface area is 403 Å². The molecule has 1 aliphatic carbocycles. The fourth-order valence-electron chi connectivity index (χ4n) is 10.5. The molecule has 0 N–H and O–H groups in total. The van der Waals surface area contributed by atoms with Crippen molar-refractivity contribution in [1.29, 1.82) is 0 Å². The second kappa shape index (κ2) is 16.0. The summed E-state index contributed by atoms with van der Waals surface area (Å²) in [6.45, 7) is 4.78. The summed E-state index contributed by atoms with van der Waals surface area (Å²) in [6.07, 6.45) is 0. The number of benzene rings is 10. The van der Waals surface area contributed by atoms with Crippen molar-refractivity contribution in [2.45, 2.75) is 19.3 Å². The van der Waals surface area contributed by atoms with Crippen LogP contribution in [0, 0.1) is 0 Å². The average molecular weight is 987 g/mol. The van der Waals surface area contributed by atoms with E-state index in [1.807, 2.05) is 0 Å². The van der Waals surface area contributed by atoms with Crippen molar-refractivity contribution in [3.05, 3.63) is 242 Å². The molecule has 0 saturated heterocycles. The first-order chi connectivity index (χ1) is 32.9. The summed E-state index contributed by atoms with van der Waals surface area (Å²) < 4.78 is 5.90. The molecule has 0 unspecified atom stereocenters. The van der Waals surface area contributed by atoms with Gasteiger partial charge in [-0.1, -0.05) is 26.0 Å². The van der Waals surface area contributed by atoms with Gasteiger partial charge in [-0.15, -0.1) is 0 Å². The Morgan fingerprint density at radius 1 is 0.284 bits per heavy atom. The van der Waals surface area contributed by atoms with Crippen LogP contribution >= 0.6 is 0 Å². The Balaban J connectivity index is 0.841. The van der Waals surface area contributed by atoms with Crippen LogP contribution in [-0.2, 0) is 5.41 Å². The molecule has 67 heavy (non-hydrogen) atoms. The normalized spacial score (nSPS) is 12.7. The van der Waals surface area contributed by atoms with E-state index in [4.69, 9.17) is 0 Å². The summed E-state index contributed by atoms with van der Waals surface area (Å²) >= 11 is 0.736. The van der Waals surface area contributed by atoms with E-state index >= 15 is 0 Å². The van der Waals surface area contributed by atoms with Crippen molar-refractivity contribution in [1.82, 2.24) is 0 Å². The molecule has 0 saturated carbocycles. The third-order valence-electron chi connectivity index (χ3n) is 13.9. The van der Waals surface area contributed by atoms with Gasteiger partial charge in [0, 0.05) is 5.41 Å². The minimum atomic E-state index is -0.240. The molecular weight excluding hydrogens is 943 g/mol. The molecular formula is C63H44N2Se2. The van der Waals surface area contributed by atoms with E-state index < -0.39 is 0 Å². The first-order valence-corrected chi connectivity index (χ1v) is 26.4. The third-order valence-corrected chi connectivity index (χ3v) is 18.7. The number of hydrogen-bond acceptors (Lipinski definition) is 2. The predicted octanol–water partition coefficient (Wildman–Crippen LogP) is 17.0. The number of anilines is 6. The number of hydrogen-bond donors (Lipinski definition) is 0. The molecule has 0 atom stereocenters. The first-order valence-electron chi connectivity index (χ1n) is 23.0. The van der Waals surface area contributed by atoms with E-state index in [9.17, 15) is 0 Å². The Morgan fingerprint density at radius 3 is 1.06 bits per heavy atom. The first kappa shape index (κ1) is 40.1. The van der Waals surface area contributed by atoms with E-state index in [0.29, 0.717) is 29.0 Å². The Kier molecular flexibility index (Phi) is 9.60. The molecule has 0 amide bonds. The summed E-state index contributed by atoms with van der Waals surface area (Å²) in [5, 5.41) is 5.55. The van der Waals surface area contributed by atoms with E-state index in [0.717, 1.165) is 34.1 Å². The average Bonchev–Trinajstić information content (AvgIpc) is 4.02. The zero-order valence-electron chi connectivity index (χ0n) is 37.2. The van der Waals surface area contributed by atoms with Crippen LogP contribution in [0.4, 0.5) is 34.1 Å². The van der Waals surface area contributed by atoms with Crippen LogP contribution in [0.15, 0.2) is 231 Å². The van der Waals surface area contributed by atoms with Gasteiger partial charge in [0.1, 0.15) is 0 Å². The van der Waals surface area contributed by atoms with Gasteiger partial charge in [-0.25, -0.2) is 0 Å². The van der Waals surface area contributed by atoms with Crippen molar-refractivity contribution in [3.63, 3.8) is 0 Å². The fourth-order valence-corrected chi connectivity index (χ4v) is 15.0. The van der Waals surface area contributed by atoms with E-state index in [-0.39, 0.29) is 5.41 Å². The zero-order valence-corrected chi connectivity index (χ0v) is 40.6. The Hall–Kier alpha value is -7.16. The number of rotatable bonds is 8. The molecule has 318 valence electrons. The van der Waals surface area contributed by atoms with Crippen LogP contribution in [-0.4, -0.2) is 29.0 Å². The monoisotopic (exact) mass is 988 g/mol. The fraction of sp³-hybridized carbons (Fsp3) is 0.0476. The van der Waals surface area contributed by atoms with Crippen LogP contribution < -0.4 is 9.80 Å².